The Hall–Kier alpha value is -1.96. The maximum absolute atomic E-state index is 5.65. The molecule has 1 aliphatic rings. The number of methoxy groups -OCH3 is 1. The molecule has 3 rings (SSSR count). The van der Waals surface area contributed by atoms with Gasteiger partial charge in [0.1, 0.15) is 0 Å². The molecule has 2 aromatic rings. The van der Waals surface area contributed by atoms with E-state index in [1.165, 1.54) is 18.4 Å². The van der Waals surface area contributed by atoms with E-state index in [0.717, 1.165) is 29.6 Å². The van der Waals surface area contributed by atoms with Crippen LogP contribution in [0.3, 0.4) is 0 Å². The monoisotopic (exact) mass is 495 g/mol. The molecular weight excluding hydrogens is 465 g/mol. The van der Waals surface area contributed by atoms with Crippen molar-refractivity contribution in [1.82, 2.24) is 10.6 Å². The highest BCUT2D eigenvalue weighted by atomic mass is 127. The van der Waals surface area contributed by atoms with Crippen LogP contribution in [0.25, 0.3) is 0 Å². The lowest BCUT2D eigenvalue weighted by molar-refractivity contribution is 0.310. The number of ether oxygens (including phenoxy) is 2. The molecular formula is C22H30IN3O2. The van der Waals surface area contributed by atoms with Crippen LogP contribution >= 0.6 is 24.0 Å². The van der Waals surface area contributed by atoms with Gasteiger partial charge >= 0.3 is 0 Å². The average molecular weight is 495 g/mol. The molecule has 0 aromatic heterocycles. The van der Waals surface area contributed by atoms with E-state index in [4.69, 9.17) is 9.47 Å². The van der Waals surface area contributed by atoms with Crippen LogP contribution in [0, 0.1) is 0 Å². The first kappa shape index (κ1) is 22.3. The third-order valence-electron chi connectivity index (χ3n) is 5.05. The first-order valence-electron chi connectivity index (χ1n) is 9.50. The van der Waals surface area contributed by atoms with Gasteiger partial charge in [0.15, 0.2) is 17.5 Å². The fraction of sp³-hybridized carbons (Fsp3) is 0.409. The van der Waals surface area contributed by atoms with Gasteiger partial charge < -0.3 is 20.1 Å². The summed E-state index contributed by atoms with van der Waals surface area (Å²) < 4.78 is 11.0. The average Bonchev–Trinajstić information content (AvgIpc) is 3.50. The summed E-state index contributed by atoms with van der Waals surface area (Å²) in [5.74, 6) is 2.33. The number of benzene rings is 2. The molecule has 0 atom stereocenters. The topological polar surface area (TPSA) is 54.9 Å². The van der Waals surface area contributed by atoms with Gasteiger partial charge in [-0.15, -0.1) is 24.0 Å². The predicted octanol–water partition coefficient (Wildman–Crippen LogP) is 4.11. The van der Waals surface area contributed by atoms with Crippen molar-refractivity contribution in [1.29, 1.82) is 0 Å². The fourth-order valence-corrected chi connectivity index (χ4v) is 3.27. The summed E-state index contributed by atoms with van der Waals surface area (Å²) in [6.07, 6.45) is 2.44. The number of guanidine groups is 1. The van der Waals surface area contributed by atoms with Crippen molar-refractivity contribution in [3.8, 4) is 11.5 Å². The van der Waals surface area contributed by atoms with E-state index >= 15 is 0 Å². The summed E-state index contributed by atoms with van der Waals surface area (Å²) in [5, 5.41) is 6.87. The van der Waals surface area contributed by atoms with Crippen LogP contribution in [0.5, 0.6) is 11.5 Å². The number of halogens is 1. The molecule has 0 amide bonds. The SMILES string of the molecule is CCOc1cc(CNC(=NC)NCC2(c3ccccc3)CC2)ccc1OC.I. The van der Waals surface area contributed by atoms with Gasteiger partial charge in [0, 0.05) is 25.6 Å². The van der Waals surface area contributed by atoms with Crippen molar-refractivity contribution in [2.24, 2.45) is 4.99 Å². The second-order valence-electron chi connectivity index (χ2n) is 6.84. The first-order chi connectivity index (χ1) is 13.2. The molecule has 6 heteroatoms. The Balaban J connectivity index is 0.00000280. The van der Waals surface area contributed by atoms with Crippen LogP contribution in [-0.2, 0) is 12.0 Å². The number of nitrogens with zero attached hydrogens (tertiary/aromatic N) is 1. The van der Waals surface area contributed by atoms with Gasteiger partial charge in [-0.25, -0.2) is 0 Å². The second-order valence-corrected chi connectivity index (χ2v) is 6.84. The molecule has 0 unspecified atom stereocenters. The third kappa shape index (κ3) is 5.53. The summed E-state index contributed by atoms with van der Waals surface area (Å²) in [4.78, 5) is 4.36. The third-order valence-corrected chi connectivity index (χ3v) is 5.05. The van der Waals surface area contributed by atoms with E-state index in [1.54, 1.807) is 14.2 Å². The van der Waals surface area contributed by atoms with Crippen molar-refractivity contribution in [3.05, 3.63) is 59.7 Å². The minimum Gasteiger partial charge on any atom is -0.493 e. The number of rotatable bonds is 8. The zero-order valence-electron chi connectivity index (χ0n) is 16.8. The molecule has 0 radical (unpaired) electrons. The van der Waals surface area contributed by atoms with Crippen LogP contribution in [0.4, 0.5) is 0 Å². The molecule has 1 saturated carbocycles. The van der Waals surface area contributed by atoms with Crippen LogP contribution in [0.2, 0.25) is 0 Å². The molecule has 5 nitrogen and oxygen atoms in total. The van der Waals surface area contributed by atoms with Gasteiger partial charge in [0.25, 0.3) is 0 Å². The zero-order chi connectivity index (χ0) is 19.1. The molecule has 0 bridgehead atoms. The van der Waals surface area contributed by atoms with Crippen LogP contribution in [0.1, 0.15) is 30.9 Å². The lowest BCUT2D eigenvalue weighted by Crippen LogP contribution is -2.40. The maximum atomic E-state index is 5.65. The Morgan fingerprint density at radius 2 is 1.82 bits per heavy atom. The van der Waals surface area contributed by atoms with E-state index in [2.05, 4.69) is 46.0 Å². The second kappa shape index (κ2) is 10.5. The van der Waals surface area contributed by atoms with E-state index in [-0.39, 0.29) is 29.4 Å². The van der Waals surface area contributed by atoms with Gasteiger partial charge in [-0.1, -0.05) is 36.4 Å². The van der Waals surface area contributed by atoms with Crippen molar-refractivity contribution in [2.45, 2.75) is 31.7 Å². The minimum absolute atomic E-state index is 0. The van der Waals surface area contributed by atoms with E-state index in [1.807, 2.05) is 25.1 Å². The standard InChI is InChI=1S/C22H29N3O2.HI/c1-4-27-20-14-17(10-11-19(20)26-3)15-24-21(23-2)25-16-22(12-13-22)18-8-6-5-7-9-18;/h5-11,14H,4,12-13,15-16H2,1-3H3,(H2,23,24,25);1H. The lowest BCUT2D eigenvalue weighted by Gasteiger charge is -2.19. The van der Waals surface area contributed by atoms with Gasteiger partial charge in [0.05, 0.1) is 13.7 Å². The lowest BCUT2D eigenvalue weighted by atomic mass is 9.96. The molecule has 28 heavy (non-hydrogen) atoms. The molecule has 0 heterocycles. The summed E-state index contributed by atoms with van der Waals surface area (Å²) in [6, 6.07) is 16.7. The van der Waals surface area contributed by atoms with Gasteiger partial charge in [-0.3, -0.25) is 4.99 Å². The van der Waals surface area contributed by atoms with Gasteiger partial charge in [-0.2, -0.15) is 0 Å². The van der Waals surface area contributed by atoms with Crippen LogP contribution < -0.4 is 20.1 Å². The summed E-state index contributed by atoms with van der Waals surface area (Å²) in [6.45, 7) is 4.14. The predicted molar refractivity (Wildman–Crippen MR) is 125 cm³/mol. The Kier molecular flexibility index (Phi) is 8.41. The molecule has 0 aliphatic heterocycles. The number of hydrogen-bond acceptors (Lipinski definition) is 3. The highest BCUT2D eigenvalue weighted by Gasteiger charge is 2.43. The zero-order valence-corrected chi connectivity index (χ0v) is 19.2. The molecule has 2 N–H and O–H groups in total. The molecule has 0 saturated heterocycles. The Morgan fingerprint density at radius 1 is 1.07 bits per heavy atom. The summed E-state index contributed by atoms with van der Waals surface area (Å²) >= 11 is 0. The summed E-state index contributed by atoms with van der Waals surface area (Å²) in [5.41, 5.74) is 2.78. The van der Waals surface area contributed by atoms with Crippen LogP contribution in [-0.4, -0.2) is 33.3 Å². The molecule has 152 valence electrons. The summed E-state index contributed by atoms with van der Waals surface area (Å²) in [7, 11) is 3.46. The quantitative estimate of drug-likeness (QED) is 0.329. The molecule has 1 fully saturated rings. The molecule has 1 aliphatic carbocycles. The maximum Gasteiger partial charge on any atom is 0.191 e. The number of aliphatic imine (C=N–C) groups is 1. The Morgan fingerprint density at radius 3 is 2.43 bits per heavy atom. The highest BCUT2D eigenvalue weighted by Crippen LogP contribution is 2.47. The van der Waals surface area contributed by atoms with E-state index < -0.39 is 0 Å². The first-order valence-corrected chi connectivity index (χ1v) is 9.50. The molecule has 0 spiro atoms. The number of hydrogen-bond donors (Lipinski definition) is 2. The van der Waals surface area contributed by atoms with Gasteiger partial charge in [0.2, 0.25) is 0 Å². The van der Waals surface area contributed by atoms with Crippen molar-refractivity contribution in [3.63, 3.8) is 0 Å². The highest BCUT2D eigenvalue weighted by molar-refractivity contribution is 14.0. The van der Waals surface area contributed by atoms with E-state index in [9.17, 15) is 0 Å². The normalized spacial score (nSPS) is 14.6. The van der Waals surface area contributed by atoms with Gasteiger partial charge in [-0.05, 0) is 43.0 Å². The molecule has 2 aromatic carbocycles. The Labute approximate surface area is 184 Å². The smallest absolute Gasteiger partial charge is 0.191 e. The van der Waals surface area contributed by atoms with Crippen molar-refractivity contribution >= 4 is 29.9 Å². The largest absolute Gasteiger partial charge is 0.493 e. The Bertz CT molecular complexity index is 777. The van der Waals surface area contributed by atoms with E-state index in [0.29, 0.717) is 13.2 Å². The van der Waals surface area contributed by atoms with Crippen molar-refractivity contribution < 1.29 is 9.47 Å². The fourth-order valence-electron chi connectivity index (χ4n) is 3.27. The number of nitrogens with one attached hydrogen (secondary N) is 2. The van der Waals surface area contributed by atoms with Crippen LogP contribution in [0.15, 0.2) is 53.5 Å². The minimum atomic E-state index is 0. The van der Waals surface area contributed by atoms with Crippen molar-refractivity contribution in [2.75, 3.05) is 27.3 Å².